The third-order valence-electron chi connectivity index (χ3n) is 4.63. The first-order chi connectivity index (χ1) is 11.2. The van der Waals surface area contributed by atoms with E-state index in [0.29, 0.717) is 18.3 Å². The van der Waals surface area contributed by atoms with Crippen LogP contribution in [-0.2, 0) is 13.1 Å². The summed E-state index contributed by atoms with van der Waals surface area (Å²) in [5, 5.41) is 3.59. The van der Waals surface area contributed by atoms with Crippen molar-refractivity contribution < 1.29 is 4.39 Å². The zero-order valence-electron chi connectivity index (χ0n) is 13.8. The normalized spacial score (nSPS) is 15.0. The second-order valence-electron chi connectivity index (χ2n) is 6.49. The molecule has 1 aliphatic carbocycles. The van der Waals surface area contributed by atoms with Gasteiger partial charge in [0.15, 0.2) is 0 Å². The average Bonchev–Trinajstić information content (AvgIpc) is 3.08. The van der Waals surface area contributed by atoms with E-state index in [1.807, 2.05) is 42.3 Å². The number of nitrogens with zero attached hydrogens (tertiary/aromatic N) is 1. The molecule has 0 saturated heterocycles. The first-order valence-electron chi connectivity index (χ1n) is 8.49. The average molecular weight is 312 g/mol. The molecule has 1 aliphatic rings. The Morgan fingerprint density at radius 3 is 2.52 bits per heavy atom. The summed E-state index contributed by atoms with van der Waals surface area (Å²) in [6, 6.07) is 16.2. The van der Waals surface area contributed by atoms with Crippen molar-refractivity contribution in [1.29, 1.82) is 0 Å². The summed E-state index contributed by atoms with van der Waals surface area (Å²) in [7, 11) is 1.94. The molecule has 0 radical (unpaired) electrons. The van der Waals surface area contributed by atoms with Crippen molar-refractivity contribution in [3.63, 3.8) is 0 Å². The predicted molar refractivity (Wildman–Crippen MR) is 94.0 cm³/mol. The summed E-state index contributed by atoms with van der Waals surface area (Å²) in [4.78, 5) is 1.98. The zero-order valence-corrected chi connectivity index (χ0v) is 13.8. The second-order valence-corrected chi connectivity index (χ2v) is 6.49. The van der Waals surface area contributed by atoms with Crippen LogP contribution >= 0.6 is 0 Å². The Morgan fingerprint density at radius 2 is 1.78 bits per heavy atom. The smallest absolute Gasteiger partial charge is 0.146 e. The maximum Gasteiger partial charge on any atom is 0.146 e. The van der Waals surface area contributed by atoms with Crippen LogP contribution in [-0.4, -0.2) is 13.1 Å². The van der Waals surface area contributed by atoms with E-state index in [1.54, 1.807) is 6.07 Å². The van der Waals surface area contributed by atoms with Crippen molar-refractivity contribution in [2.75, 3.05) is 11.9 Å². The molecule has 0 bridgehead atoms. The second kappa shape index (κ2) is 7.60. The summed E-state index contributed by atoms with van der Waals surface area (Å²) < 4.78 is 14.2. The van der Waals surface area contributed by atoms with E-state index in [9.17, 15) is 4.39 Å². The predicted octanol–water partition coefficient (Wildman–Crippen LogP) is 4.49. The van der Waals surface area contributed by atoms with Gasteiger partial charge in [-0.3, -0.25) is 0 Å². The Balaban J connectivity index is 1.66. The van der Waals surface area contributed by atoms with Gasteiger partial charge < -0.3 is 10.2 Å². The number of benzene rings is 2. The Kier molecular flexibility index (Phi) is 5.29. The summed E-state index contributed by atoms with van der Waals surface area (Å²) in [6.07, 6.45) is 5.18. The molecule has 1 N–H and O–H groups in total. The van der Waals surface area contributed by atoms with Crippen LogP contribution in [0.4, 0.5) is 10.1 Å². The van der Waals surface area contributed by atoms with Gasteiger partial charge in [0, 0.05) is 26.2 Å². The van der Waals surface area contributed by atoms with Gasteiger partial charge >= 0.3 is 0 Å². The quantitative estimate of drug-likeness (QED) is 0.845. The van der Waals surface area contributed by atoms with E-state index in [4.69, 9.17) is 0 Å². The fourth-order valence-electron chi connectivity index (χ4n) is 3.30. The van der Waals surface area contributed by atoms with Gasteiger partial charge in [-0.05, 0) is 36.1 Å². The summed E-state index contributed by atoms with van der Waals surface area (Å²) in [5.74, 6) is -0.159. The highest BCUT2D eigenvalue weighted by Crippen LogP contribution is 2.23. The Bertz CT molecular complexity index is 621. The van der Waals surface area contributed by atoms with Gasteiger partial charge in [0.1, 0.15) is 5.82 Å². The van der Waals surface area contributed by atoms with Crippen LogP contribution in [0.3, 0.4) is 0 Å². The molecule has 122 valence electrons. The van der Waals surface area contributed by atoms with Gasteiger partial charge in [0.2, 0.25) is 0 Å². The van der Waals surface area contributed by atoms with Crippen molar-refractivity contribution in [3.8, 4) is 0 Å². The topological polar surface area (TPSA) is 15.3 Å². The number of rotatable bonds is 6. The monoisotopic (exact) mass is 312 g/mol. The molecule has 0 heterocycles. The van der Waals surface area contributed by atoms with Crippen LogP contribution in [0.2, 0.25) is 0 Å². The molecule has 0 amide bonds. The van der Waals surface area contributed by atoms with Crippen LogP contribution < -0.4 is 10.2 Å². The molecule has 2 nitrogen and oxygen atoms in total. The fourth-order valence-corrected chi connectivity index (χ4v) is 3.30. The third-order valence-corrected chi connectivity index (χ3v) is 4.63. The van der Waals surface area contributed by atoms with E-state index in [1.165, 1.54) is 31.2 Å². The Labute approximate surface area is 138 Å². The van der Waals surface area contributed by atoms with Crippen molar-refractivity contribution in [1.82, 2.24) is 5.32 Å². The molecule has 0 spiro atoms. The molecule has 2 aromatic rings. The first kappa shape index (κ1) is 16.0. The van der Waals surface area contributed by atoms with Crippen molar-refractivity contribution in [2.45, 2.75) is 44.8 Å². The highest BCUT2D eigenvalue weighted by atomic mass is 19.1. The Hall–Kier alpha value is -1.87. The van der Waals surface area contributed by atoms with Gasteiger partial charge in [-0.2, -0.15) is 0 Å². The molecule has 0 unspecified atom stereocenters. The summed E-state index contributed by atoms with van der Waals surface area (Å²) in [6.45, 7) is 1.52. The summed E-state index contributed by atoms with van der Waals surface area (Å²) >= 11 is 0. The standard InChI is InChI=1S/C20H25FN2/c1-23(15-16-7-3-2-4-8-16)20-13-17(11-12-19(20)21)14-22-18-9-5-6-10-18/h2-4,7-8,11-13,18,22H,5-6,9-10,14-15H2,1H3. The van der Waals surface area contributed by atoms with Crippen molar-refractivity contribution >= 4 is 5.69 Å². The minimum absolute atomic E-state index is 0.159. The van der Waals surface area contributed by atoms with Crippen LogP contribution in [0.25, 0.3) is 0 Å². The zero-order chi connectivity index (χ0) is 16.1. The lowest BCUT2D eigenvalue weighted by atomic mass is 10.1. The third kappa shape index (κ3) is 4.32. The van der Waals surface area contributed by atoms with Crippen LogP contribution in [0.15, 0.2) is 48.5 Å². The number of anilines is 1. The van der Waals surface area contributed by atoms with Crippen LogP contribution in [0.1, 0.15) is 36.8 Å². The fraction of sp³-hybridized carbons (Fsp3) is 0.400. The molecule has 0 atom stereocenters. The molecule has 3 rings (SSSR count). The van der Waals surface area contributed by atoms with Gasteiger partial charge in [0.25, 0.3) is 0 Å². The number of hydrogen-bond donors (Lipinski definition) is 1. The number of hydrogen-bond acceptors (Lipinski definition) is 2. The van der Waals surface area contributed by atoms with E-state index in [-0.39, 0.29) is 5.82 Å². The molecule has 0 aliphatic heterocycles. The lowest BCUT2D eigenvalue weighted by molar-refractivity contribution is 0.523. The lowest BCUT2D eigenvalue weighted by Crippen LogP contribution is -2.25. The van der Waals surface area contributed by atoms with Gasteiger partial charge in [-0.25, -0.2) is 4.39 Å². The van der Waals surface area contributed by atoms with Gasteiger partial charge in [-0.1, -0.05) is 49.2 Å². The van der Waals surface area contributed by atoms with Crippen LogP contribution in [0, 0.1) is 5.82 Å². The lowest BCUT2D eigenvalue weighted by Gasteiger charge is -2.21. The van der Waals surface area contributed by atoms with Gasteiger partial charge in [0.05, 0.1) is 5.69 Å². The summed E-state index contributed by atoms with van der Waals surface area (Å²) in [5.41, 5.74) is 3.00. The molecule has 2 aromatic carbocycles. The highest BCUT2D eigenvalue weighted by molar-refractivity contribution is 5.50. The van der Waals surface area contributed by atoms with E-state index >= 15 is 0 Å². The van der Waals surface area contributed by atoms with E-state index in [0.717, 1.165) is 12.1 Å². The maximum absolute atomic E-state index is 14.2. The van der Waals surface area contributed by atoms with Crippen LogP contribution in [0.5, 0.6) is 0 Å². The number of nitrogens with one attached hydrogen (secondary N) is 1. The molecular formula is C20H25FN2. The number of halogens is 1. The SMILES string of the molecule is CN(Cc1ccccc1)c1cc(CNC2CCCC2)ccc1F. The first-order valence-corrected chi connectivity index (χ1v) is 8.49. The molecule has 23 heavy (non-hydrogen) atoms. The molecule has 0 aromatic heterocycles. The highest BCUT2D eigenvalue weighted by Gasteiger charge is 2.15. The maximum atomic E-state index is 14.2. The van der Waals surface area contributed by atoms with Crippen molar-refractivity contribution in [2.24, 2.45) is 0 Å². The van der Waals surface area contributed by atoms with E-state index in [2.05, 4.69) is 17.4 Å². The largest absolute Gasteiger partial charge is 0.368 e. The van der Waals surface area contributed by atoms with Crippen molar-refractivity contribution in [3.05, 3.63) is 65.5 Å². The minimum atomic E-state index is -0.159. The molecular weight excluding hydrogens is 287 g/mol. The van der Waals surface area contributed by atoms with E-state index < -0.39 is 0 Å². The Morgan fingerprint density at radius 1 is 1.04 bits per heavy atom. The molecule has 3 heteroatoms. The van der Waals surface area contributed by atoms with Gasteiger partial charge in [-0.15, -0.1) is 0 Å². The molecule has 1 saturated carbocycles. The molecule has 1 fully saturated rings. The minimum Gasteiger partial charge on any atom is -0.368 e.